The van der Waals surface area contributed by atoms with E-state index in [1.807, 2.05) is 6.92 Å². The zero-order chi connectivity index (χ0) is 18.3. The van der Waals surface area contributed by atoms with Gasteiger partial charge in [-0.25, -0.2) is 8.42 Å². The van der Waals surface area contributed by atoms with Gasteiger partial charge >= 0.3 is 0 Å². The van der Waals surface area contributed by atoms with Gasteiger partial charge in [0.1, 0.15) is 6.04 Å². The molecule has 0 unspecified atom stereocenters. The predicted molar refractivity (Wildman–Crippen MR) is 88.6 cm³/mol. The third kappa shape index (κ3) is 5.02. The van der Waals surface area contributed by atoms with E-state index in [1.54, 1.807) is 6.92 Å². The molecule has 2 N–H and O–H groups in total. The van der Waals surface area contributed by atoms with Crippen LogP contribution in [0, 0.1) is 0 Å². The molecule has 1 rings (SSSR count). The summed E-state index contributed by atoms with van der Waals surface area (Å²) in [7, 11) is -1.25. The Hall–Kier alpha value is -1.97. The summed E-state index contributed by atoms with van der Waals surface area (Å²) < 4.78 is 24.8. The van der Waals surface area contributed by atoms with Crippen LogP contribution in [0.2, 0.25) is 0 Å². The smallest absolute Gasteiger partial charge is 0.264 e. The molecule has 0 heterocycles. The molecule has 0 aliphatic heterocycles. The molecule has 2 amide bonds. The van der Waals surface area contributed by atoms with Crippen molar-refractivity contribution in [3.05, 3.63) is 29.8 Å². The first-order chi connectivity index (χ1) is 11.2. The number of carbonyl (C=O) groups excluding carboxylic acids is 2. The fraction of sp³-hybridized carbons (Fsp3) is 0.467. The first kappa shape index (κ1) is 20.1. The predicted octanol–water partition coefficient (Wildman–Crippen LogP) is 0.513. The number of nitrogens with one attached hydrogen (secondary N) is 2. The summed E-state index contributed by atoms with van der Waals surface area (Å²) >= 11 is 0. The Morgan fingerprint density at radius 1 is 1.25 bits per heavy atom. The number of amides is 2. The Bertz CT molecular complexity index is 673. The molecule has 1 atom stereocenters. The lowest BCUT2D eigenvalue weighted by molar-refractivity contribution is -0.122. The van der Waals surface area contributed by atoms with Gasteiger partial charge in [-0.05, 0) is 37.6 Å². The minimum Gasteiger partial charge on any atom is -0.354 e. The first-order valence-corrected chi connectivity index (χ1v) is 8.89. The SMILES string of the molecule is CCCNC(=O)[C@H](C)NC(=O)c1ccc(S(=O)(=O)N(C)OC)cc1. The van der Waals surface area contributed by atoms with E-state index in [1.165, 1.54) is 38.4 Å². The molecule has 0 aliphatic carbocycles. The van der Waals surface area contributed by atoms with Crippen LogP contribution >= 0.6 is 0 Å². The number of hydroxylamine groups is 1. The third-order valence-corrected chi connectivity index (χ3v) is 4.99. The maximum absolute atomic E-state index is 12.1. The van der Waals surface area contributed by atoms with Gasteiger partial charge in [0.25, 0.3) is 15.9 Å². The van der Waals surface area contributed by atoms with Gasteiger partial charge in [0.15, 0.2) is 0 Å². The van der Waals surface area contributed by atoms with E-state index in [2.05, 4.69) is 15.5 Å². The van der Waals surface area contributed by atoms with E-state index in [4.69, 9.17) is 0 Å². The van der Waals surface area contributed by atoms with Crippen molar-refractivity contribution >= 4 is 21.8 Å². The second-order valence-electron chi connectivity index (χ2n) is 5.11. The Kier molecular flexibility index (Phi) is 7.33. The minimum absolute atomic E-state index is 0.00265. The molecule has 0 saturated heterocycles. The van der Waals surface area contributed by atoms with Crippen LogP contribution in [0.3, 0.4) is 0 Å². The van der Waals surface area contributed by atoms with Gasteiger partial charge in [-0.1, -0.05) is 11.4 Å². The highest BCUT2D eigenvalue weighted by Crippen LogP contribution is 2.15. The molecule has 0 fully saturated rings. The quantitative estimate of drug-likeness (QED) is 0.660. The second-order valence-corrected chi connectivity index (χ2v) is 7.04. The fourth-order valence-electron chi connectivity index (χ4n) is 1.77. The Morgan fingerprint density at radius 2 is 1.83 bits per heavy atom. The molecule has 9 heteroatoms. The van der Waals surface area contributed by atoms with Crippen LogP contribution in [0.15, 0.2) is 29.2 Å². The zero-order valence-corrected chi connectivity index (χ0v) is 15.0. The van der Waals surface area contributed by atoms with Crippen LogP contribution in [0.4, 0.5) is 0 Å². The van der Waals surface area contributed by atoms with Crippen molar-refractivity contribution in [2.45, 2.75) is 31.2 Å². The van der Waals surface area contributed by atoms with Crippen molar-refractivity contribution in [3.63, 3.8) is 0 Å². The normalized spacial score (nSPS) is 12.7. The van der Waals surface area contributed by atoms with Crippen LogP contribution in [0.25, 0.3) is 0 Å². The summed E-state index contributed by atoms with van der Waals surface area (Å²) in [5, 5.41) is 5.25. The third-order valence-electron chi connectivity index (χ3n) is 3.30. The number of rotatable bonds is 8. The summed E-state index contributed by atoms with van der Waals surface area (Å²) in [6.45, 7) is 4.05. The number of sulfonamides is 1. The maximum Gasteiger partial charge on any atom is 0.264 e. The van der Waals surface area contributed by atoms with Crippen molar-refractivity contribution in [2.24, 2.45) is 0 Å². The molecule has 24 heavy (non-hydrogen) atoms. The van der Waals surface area contributed by atoms with Crippen LogP contribution < -0.4 is 10.6 Å². The van der Waals surface area contributed by atoms with E-state index in [0.29, 0.717) is 6.54 Å². The molecular formula is C15H23N3O5S. The van der Waals surface area contributed by atoms with Crippen LogP contribution in [-0.4, -0.2) is 51.4 Å². The van der Waals surface area contributed by atoms with Gasteiger partial charge in [0.05, 0.1) is 12.0 Å². The Balaban J connectivity index is 2.79. The van der Waals surface area contributed by atoms with Crippen LogP contribution in [0.5, 0.6) is 0 Å². The lowest BCUT2D eigenvalue weighted by Gasteiger charge is -2.15. The minimum atomic E-state index is -3.76. The average molecular weight is 357 g/mol. The van der Waals surface area contributed by atoms with E-state index in [9.17, 15) is 18.0 Å². The Labute approximate surface area is 142 Å². The summed E-state index contributed by atoms with van der Waals surface area (Å²) in [6, 6.07) is 4.68. The van der Waals surface area contributed by atoms with Gasteiger partial charge in [0, 0.05) is 19.2 Å². The molecule has 0 radical (unpaired) electrons. The lowest BCUT2D eigenvalue weighted by Crippen LogP contribution is -2.45. The van der Waals surface area contributed by atoms with Crippen molar-refractivity contribution in [1.29, 1.82) is 0 Å². The number of hydrogen-bond donors (Lipinski definition) is 2. The highest BCUT2D eigenvalue weighted by atomic mass is 32.2. The summed E-state index contributed by atoms with van der Waals surface area (Å²) in [5.74, 6) is -0.732. The standard InChI is InChI=1S/C15H23N3O5S/c1-5-10-16-14(19)11(2)17-15(20)12-6-8-13(9-7-12)24(21,22)18(3)23-4/h6-9,11H,5,10H2,1-4H3,(H,16,19)(H,17,20)/t11-/m0/s1. The highest BCUT2D eigenvalue weighted by Gasteiger charge is 2.21. The van der Waals surface area contributed by atoms with E-state index in [-0.39, 0.29) is 16.4 Å². The van der Waals surface area contributed by atoms with E-state index < -0.39 is 22.0 Å². The van der Waals surface area contributed by atoms with Crippen LogP contribution in [0.1, 0.15) is 30.6 Å². The maximum atomic E-state index is 12.1. The van der Waals surface area contributed by atoms with Gasteiger partial charge < -0.3 is 10.6 Å². The number of carbonyl (C=O) groups is 2. The molecule has 0 spiro atoms. The first-order valence-electron chi connectivity index (χ1n) is 7.45. The molecular weight excluding hydrogens is 334 g/mol. The van der Waals surface area contributed by atoms with Crippen molar-refractivity contribution in [1.82, 2.24) is 15.1 Å². The van der Waals surface area contributed by atoms with Crippen molar-refractivity contribution in [2.75, 3.05) is 20.7 Å². The monoisotopic (exact) mass is 357 g/mol. The fourth-order valence-corrected chi connectivity index (χ4v) is 2.74. The number of benzene rings is 1. The lowest BCUT2D eigenvalue weighted by atomic mass is 10.2. The van der Waals surface area contributed by atoms with Gasteiger partial charge in [-0.2, -0.15) is 0 Å². The second kappa shape index (κ2) is 8.76. The van der Waals surface area contributed by atoms with Crippen LogP contribution in [-0.2, 0) is 19.7 Å². The molecule has 134 valence electrons. The van der Waals surface area contributed by atoms with Crippen molar-refractivity contribution < 1.29 is 22.8 Å². The largest absolute Gasteiger partial charge is 0.354 e. The van der Waals surface area contributed by atoms with Gasteiger partial charge in [-0.3, -0.25) is 14.4 Å². The zero-order valence-electron chi connectivity index (χ0n) is 14.2. The highest BCUT2D eigenvalue weighted by molar-refractivity contribution is 7.89. The summed E-state index contributed by atoms with van der Waals surface area (Å²) in [4.78, 5) is 28.5. The molecule has 1 aromatic carbocycles. The number of nitrogens with zero attached hydrogens (tertiary/aromatic N) is 1. The Morgan fingerprint density at radius 3 is 2.33 bits per heavy atom. The van der Waals surface area contributed by atoms with Crippen molar-refractivity contribution in [3.8, 4) is 0 Å². The number of hydrogen-bond acceptors (Lipinski definition) is 5. The molecule has 0 saturated carbocycles. The molecule has 0 aliphatic rings. The summed E-state index contributed by atoms with van der Waals surface area (Å²) in [6.07, 6.45) is 0.804. The topological polar surface area (TPSA) is 105 Å². The molecule has 0 bridgehead atoms. The van der Waals surface area contributed by atoms with E-state index >= 15 is 0 Å². The average Bonchev–Trinajstić information content (AvgIpc) is 2.58. The van der Waals surface area contributed by atoms with E-state index in [0.717, 1.165) is 10.9 Å². The molecule has 1 aromatic rings. The molecule has 8 nitrogen and oxygen atoms in total. The van der Waals surface area contributed by atoms with Gasteiger partial charge in [0.2, 0.25) is 5.91 Å². The van der Waals surface area contributed by atoms with Gasteiger partial charge in [-0.15, -0.1) is 0 Å². The summed E-state index contributed by atoms with van der Waals surface area (Å²) in [5.41, 5.74) is 0.254. The molecule has 0 aromatic heterocycles.